The Kier molecular flexibility index (Phi) is 4.28. The van der Waals surface area contributed by atoms with Crippen molar-refractivity contribution >= 4 is 5.91 Å². The number of amides is 1. The smallest absolute Gasteiger partial charge is 0.257 e. The molecule has 0 saturated carbocycles. The molecule has 1 saturated heterocycles. The van der Waals surface area contributed by atoms with Crippen molar-refractivity contribution in [2.45, 2.75) is 6.10 Å². The average molecular weight is 343 g/mol. The minimum Gasteiger partial charge on any atom is -0.486 e. The molecular formula is C19H18FNO4. The van der Waals surface area contributed by atoms with Crippen molar-refractivity contribution in [3.63, 3.8) is 0 Å². The molecule has 0 radical (unpaired) electrons. The number of hydrogen-bond acceptors (Lipinski definition) is 4. The number of morpholine rings is 1. The normalized spacial score (nSPS) is 19.6. The van der Waals surface area contributed by atoms with Crippen LogP contribution in [0.2, 0.25) is 0 Å². The van der Waals surface area contributed by atoms with Crippen molar-refractivity contribution in [1.82, 2.24) is 4.90 Å². The van der Waals surface area contributed by atoms with E-state index in [2.05, 4.69) is 0 Å². The van der Waals surface area contributed by atoms with Crippen LogP contribution >= 0.6 is 0 Å². The van der Waals surface area contributed by atoms with Crippen LogP contribution in [0.4, 0.5) is 4.39 Å². The number of carbonyl (C=O) groups is 1. The van der Waals surface area contributed by atoms with Crippen molar-refractivity contribution in [1.29, 1.82) is 0 Å². The second kappa shape index (κ2) is 6.72. The number of carbonyl (C=O) groups excluding carboxylic acids is 1. The molecule has 0 N–H and O–H groups in total. The van der Waals surface area contributed by atoms with Crippen LogP contribution in [0.25, 0.3) is 0 Å². The first kappa shape index (κ1) is 15.9. The quantitative estimate of drug-likeness (QED) is 0.841. The Balaban J connectivity index is 1.58. The van der Waals surface area contributed by atoms with Gasteiger partial charge in [0.15, 0.2) is 11.5 Å². The molecule has 6 heteroatoms. The zero-order chi connectivity index (χ0) is 17.2. The van der Waals surface area contributed by atoms with Crippen LogP contribution < -0.4 is 9.47 Å². The summed E-state index contributed by atoms with van der Waals surface area (Å²) in [4.78, 5) is 14.6. The predicted octanol–water partition coefficient (Wildman–Crippen LogP) is 2.81. The Hall–Kier alpha value is -2.60. The molecule has 2 aromatic rings. The molecule has 0 aliphatic carbocycles. The van der Waals surface area contributed by atoms with Crippen LogP contribution in [-0.4, -0.2) is 43.7 Å². The highest BCUT2D eigenvalue weighted by Crippen LogP contribution is 2.35. The van der Waals surface area contributed by atoms with Crippen molar-refractivity contribution in [3.05, 3.63) is 59.4 Å². The second-order valence-corrected chi connectivity index (χ2v) is 5.96. The van der Waals surface area contributed by atoms with Crippen molar-refractivity contribution in [2.75, 3.05) is 32.9 Å². The summed E-state index contributed by atoms with van der Waals surface area (Å²) in [6.07, 6.45) is -0.476. The standard InChI is InChI=1S/C19H18FNO4/c20-15-6-2-1-4-13(15)17-12-21(8-9-23-17)19(22)14-5-3-7-16-18(14)25-11-10-24-16/h1-7,17H,8-12H2/t17-/m0/s1. The number of nitrogens with zero attached hydrogens (tertiary/aromatic N) is 1. The maximum Gasteiger partial charge on any atom is 0.257 e. The van der Waals surface area contributed by atoms with Gasteiger partial charge in [-0.2, -0.15) is 0 Å². The molecule has 0 aromatic heterocycles. The third-order valence-corrected chi connectivity index (χ3v) is 4.40. The van der Waals surface area contributed by atoms with E-state index in [1.807, 2.05) is 0 Å². The number of fused-ring (bicyclic) bond motifs is 1. The van der Waals surface area contributed by atoms with E-state index < -0.39 is 6.10 Å². The zero-order valence-corrected chi connectivity index (χ0v) is 13.6. The maximum atomic E-state index is 14.0. The monoisotopic (exact) mass is 343 g/mol. The van der Waals surface area contributed by atoms with Crippen LogP contribution in [0.5, 0.6) is 11.5 Å². The highest BCUT2D eigenvalue weighted by molar-refractivity contribution is 5.98. The lowest BCUT2D eigenvalue weighted by Gasteiger charge is -2.34. The summed E-state index contributed by atoms with van der Waals surface area (Å²) in [6.45, 7) is 1.99. The van der Waals surface area contributed by atoms with Crippen molar-refractivity contribution in [2.24, 2.45) is 0 Å². The molecule has 1 atom stereocenters. The van der Waals surface area contributed by atoms with E-state index in [-0.39, 0.29) is 11.7 Å². The number of rotatable bonds is 2. The lowest BCUT2D eigenvalue weighted by Crippen LogP contribution is -2.42. The molecule has 2 aliphatic heterocycles. The number of benzene rings is 2. The van der Waals surface area contributed by atoms with Gasteiger partial charge in [-0.25, -0.2) is 4.39 Å². The highest BCUT2D eigenvalue weighted by atomic mass is 19.1. The van der Waals surface area contributed by atoms with Crippen molar-refractivity contribution < 1.29 is 23.4 Å². The minimum absolute atomic E-state index is 0.160. The predicted molar refractivity (Wildman–Crippen MR) is 88.4 cm³/mol. The lowest BCUT2D eigenvalue weighted by molar-refractivity contribution is -0.0244. The zero-order valence-electron chi connectivity index (χ0n) is 13.6. The molecule has 0 bridgehead atoms. The van der Waals surface area contributed by atoms with E-state index in [0.717, 1.165) is 0 Å². The van der Waals surface area contributed by atoms with E-state index in [0.29, 0.717) is 55.5 Å². The molecule has 4 rings (SSSR count). The fourth-order valence-corrected chi connectivity index (χ4v) is 3.17. The van der Waals surface area contributed by atoms with Gasteiger partial charge in [0.05, 0.1) is 18.7 Å². The maximum absolute atomic E-state index is 14.0. The van der Waals surface area contributed by atoms with E-state index in [9.17, 15) is 9.18 Å². The van der Waals surface area contributed by atoms with Gasteiger partial charge >= 0.3 is 0 Å². The molecule has 25 heavy (non-hydrogen) atoms. The number of para-hydroxylation sites is 1. The first-order valence-electron chi connectivity index (χ1n) is 8.28. The molecule has 0 spiro atoms. The van der Waals surface area contributed by atoms with Gasteiger partial charge in [0.25, 0.3) is 5.91 Å². The Labute approximate surface area is 144 Å². The molecular weight excluding hydrogens is 325 g/mol. The van der Waals surface area contributed by atoms with Gasteiger partial charge in [0, 0.05) is 12.1 Å². The first-order chi connectivity index (χ1) is 12.2. The SMILES string of the molecule is O=C(c1cccc2c1OCCO2)N1CCO[C@H](c2ccccc2F)C1. The summed E-state index contributed by atoms with van der Waals surface area (Å²) >= 11 is 0. The Bertz CT molecular complexity index is 795. The van der Waals surface area contributed by atoms with Crippen molar-refractivity contribution in [3.8, 4) is 11.5 Å². The number of hydrogen-bond donors (Lipinski definition) is 0. The Morgan fingerprint density at radius 1 is 1.04 bits per heavy atom. The summed E-state index contributed by atoms with van der Waals surface area (Å²) < 4.78 is 30.9. The fraction of sp³-hybridized carbons (Fsp3) is 0.316. The van der Waals surface area contributed by atoms with E-state index in [1.165, 1.54) is 6.07 Å². The third kappa shape index (κ3) is 3.05. The molecule has 2 aliphatic rings. The fourth-order valence-electron chi connectivity index (χ4n) is 3.17. The van der Waals surface area contributed by atoms with Crippen LogP contribution in [0.3, 0.4) is 0 Å². The molecule has 2 aromatic carbocycles. The van der Waals surface area contributed by atoms with Crippen LogP contribution in [-0.2, 0) is 4.74 Å². The summed E-state index contributed by atoms with van der Waals surface area (Å²) in [5.41, 5.74) is 0.932. The number of halogens is 1. The average Bonchev–Trinajstić information content (AvgIpc) is 2.67. The van der Waals surface area contributed by atoms with Gasteiger partial charge in [-0.1, -0.05) is 24.3 Å². The molecule has 1 amide bonds. The molecule has 1 fully saturated rings. The Morgan fingerprint density at radius 2 is 1.88 bits per heavy atom. The topological polar surface area (TPSA) is 48.0 Å². The van der Waals surface area contributed by atoms with Gasteiger partial charge in [0.1, 0.15) is 25.1 Å². The highest BCUT2D eigenvalue weighted by Gasteiger charge is 2.30. The summed E-state index contributed by atoms with van der Waals surface area (Å²) in [5, 5.41) is 0. The largest absolute Gasteiger partial charge is 0.486 e. The molecule has 5 nitrogen and oxygen atoms in total. The molecule has 0 unspecified atom stereocenters. The molecule has 130 valence electrons. The lowest BCUT2D eigenvalue weighted by atomic mass is 10.1. The van der Waals surface area contributed by atoms with Gasteiger partial charge in [-0.05, 0) is 18.2 Å². The van der Waals surface area contributed by atoms with Gasteiger partial charge in [-0.15, -0.1) is 0 Å². The first-order valence-corrected chi connectivity index (χ1v) is 8.28. The van der Waals surface area contributed by atoms with Crippen LogP contribution in [0.15, 0.2) is 42.5 Å². The second-order valence-electron chi connectivity index (χ2n) is 5.96. The van der Waals surface area contributed by atoms with Gasteiger partial charge in [0.2, 0.25) is 0 Å². The van der Waals surface area contributed by atoms with Crippen LogP contribution in [0.1, 0.15) is 22.0 Å². The summed E-state index contributed by atoms with van der Waals surface area (Å²) in [6, 6.07) is 11.8. The van der Waals surface area contributed by atoms with Crippen LogP contribution in [0, 0.1) is 5.82 Å². The van der Waals surface area contributed by atoms with E-state index in [1.54, 1.807) is 41.3 Å². The molecule has 2 heterocycles. The van der Waals surface area contributed by atoms with Gasteiger partial charge < -0.3 is 19.1 Å². The Morgan fingerprint density at radius 3 is 2.76 bits per heavy atom. The van der Waals surface area contributed by atoms with E-state index >= 15 is 0 Å². The van der Waals surface area contributed by atoms with Gasteiger partial charge in [-0.3, -0.25) is 4.79 Å². The van der Waals surface area contributed by atoms with E-state index in [4.69, 9.17) is 14.2 Å². The number of ether oxygens (including phenoxy) is 3. The minimum atomic E-state index is -0.476. The summed E-state index contributed by atoms with van der Waals surface area (Å²) in [5.74, 6) is 0.575. The third-order valence-electron chi connectivity index (χ3n) is 4.40. The summed E-state index contributed by atoms with van der Waals surface area (Å²) in [7, 11) is 0.